The Bertz CT molecular complexity index is 3160. The molecule has 73 heavy (non-hydrogen) atoms. The molecule has 1 aliphatic heterocycles. The number of amides is 3. The predicted molar refractivity (Wildman–Crippen MR) is 274 cm³/mol. The van der Waals surface area contributed by atoms with Crippen LogP contribution in [0.5, 0.6) is 5.75 Å². The second-order valence-corrected chi connectivity index (χ2v) is 18.1. The van der Waals surface area contributed by atoms with Gasteiger partial charge in [-0.1, -0.05) is 68.9 Å². The lowest BCUT2D eigenvalue weighted by atomic mass is 9.92. The summed E-state index contributed by atoms with van der Waals surface area (Å²) in [4.78, 5) is 56.1. The van der Waals surface area contributed by atoms with Gasteiger partial charge in [-0.3, -0.25) is 24.3 Å². The quantitative estimate of drug-likeness (QED) is 0.0506. The van der Waals surface area contributed by atoms with Crippen LogP contribution in [0.1, 0.15) is 106 Å². The Hall–Kier alpha value is -8.10. The largest absolute Gasteiger partial charge is 0.508 e. The van der Waals surface area contributed by atoms with Gasteiger partial charge in [-0.15, -0.1) is 0 Å². The number of carbonyl (C=O) groups excluding carboxylic acids is 3. The van der Waals surface area contributed by atoms with Gasteiger partial charge in [-0.05, 0) is 109 Å². The number of benzene rings is 3. The molecule has 8 rings (SSSR count). The normalized spacial score (nSPS) is 12.9. The Morgan fingerprint density at radius 2 is 1.55 bits per heavy atom. The Morgan fingerprint density at radius 3 is 2.29 bits per heavy atom. The number of hydrogen-bond donors (Lipinski definition) is 4. The van der Waals surface area contributed by atoms with Crippen molar-refractivity contribution in [3.05, 3.63) is 154 Å². The molecule has 1 fully saturated rings. The molecule has 7 aromatic rings. The number of anilines is 2. The molecule has 17 heteroatoms. The molecule has 0 bridgehead atoms. The second-order valence-electron chi connectivity index (χ2n) is 18.1. The first-order chi connectivity index (χ1) is 35.2. The number of imidazole rings is 1. The number of pyridine rings is 2. The molecule has 0 unspecified atom stereocenters. The van der Waals surface area contributed by atoms with Gasteiger partial charge in [0.2, 0.25) is 5.91 Å². The lowest BCUT2D eigenvalue weighted by Gasteiger charge is -2.35. The molecule has 4 aromatic heterocycles. The number of nitrogens with zero attached hydrogens (tertiary/aromatic N) is 7. The maximum Gasteiger partial charge on any atom is 0.416 e. The number of hydrogen-bond acceptors (Lipinski definition) is 10. The third-order valence-corrected chi connectivity index (χ3v) is 13.0. The lowest BCUT2D eigenvalue weighted by Crippen LogP contribution is -2.48. The maximum atomic E-state index is 14.4. The van der Waals surface area contributed by atoms with Crippen LogP contribution < -0.4 is 16.4 Å². The minimum Gasteiger partial charge on any atom is -0.508 e. The van der Waals surface area contributed by atoms with Crippen LogP contribution in [0.3, 0.4) is 0 Å². The number of carbonyl (C=O) groups is 3. The monoisotopic (exact) mass is 990 g/mol. The van der Waals surface area contributed by atoms with Crippen molar-refractivity contribution in [2.75, 3.05) is 43.8 Å². The van der Waals surface area contributed by atoms with Crippen molar-refractivity contribution >= 4 is 34.9 Å². The first-order valence-corrected chi connectivity index (χ1v) is 24.5. The van der Waals surface area contributed by atoms with E-state index < -0.39 is 17.6 Å². The van der Waals surface area contributed by atoms with Crippen molar-refractivity contribution in [1.29, 1.82) is 0 Å². The highest BCUT2D eigenvalue weighted by Gasteiger charge is 2.35. The summed E-state index contributed by atoms with van der Waals surface area (Å²) in [6.07, 6.45) is 8.39. The van der Waals surface area contributed by atoms with Crippen LogP contribution in [0.2, 0.25) is 0 Å². The molecule has 0 saturated carbocycles. The molecule has 3 aromatic carbocycles. The van der Waals surface area contributed by atoms with Gasteiger partial charge in [-0.25, -0.2) is 14.5 Å². The van der Waals surface area contributed by atoms with Gasteiger partial charge in [0.1, 0.15) is 23.0 Å². The summed E-state index contributed by atoms with van der Waals surface area (Å²) < 4.78 is 44.9. The third kappa shape index (κ3) is 12.9. The van der Waals surface area contributed by atoms with E-state index >= 15 is 0 Å². The lowest BCUT2D eigenvalue weighted by molar-refractivity contribution is -0.138. The standard InChI is InChI=1S/C56H57F3N10O4/c1-3-46-47(35-64-53(60)52(46)38-17-22-45(70)23-18-38)41-19-24-49(62-33-41)55(73)61-25-9-7-5-4-6-8-12-51(71)68-29-27-67(28-30-68)36-42-15-20-43(32-48(42)56(57,58)59)66-54(72)40-14-13-37(2)39(31-40)16-21-44-34-63-50-11-10-26-65-69(44)50/h10-11,13-15,17-20,22-24,26,31-35,70H,3-9,12,25,27-30,36H2,1-2H3,(H2,60,64)(H,61,73)(H,66,72). The predicted octanol–water partition coefficient (Wildman–Crippen LogP) is 9.49. The number of phenolic OH excluding ortho intramolecular Hbond substituents is 1. The van der Waals surface area contributed by atoms with Gasteiger partial charge in [0, 0.05) is 97.8 Å². The minimum atomic E-state index is -4.66. The Morgan fingerprint density at radius 1 is 0.795 bits per heavy atom. The number of fused-ring (bicyclic) bond motifs is 1. The summed E-state index contributed by atoms with van der Waals surface area (Å²) in [5, 5.41) is 19.6. The molecule has 0 radical (unpaired) electrons. The number of piperazine rings is 1. The van der Waals surface area contributed by atoms with Crippen molar-refractivity contribution < 1.29 is 32.7 Å². The van der Waals surface area contributed by atoms with Crippen molar-refractivity contribution in [3.8, 4) is 39.8 Å². The number of alkyl halides is 3. The molecule has 0 aliphatic carbocycles. The zero-order chi connectivity index (χ0) is 51.5. The van der Waals surface area contributed by atoms with E-state index in [0.29, 0.717) is 74.0 Å². The number of aromatic nitrogens is 5. The number of aromatic hydroxyl groups is 1. The number of rotatable bonds is 17. The highest BCUT2D eigenvalue weighted by atomic mass is 19.4. The number of phenols is 1. The van der Waals surface area contributed by atoms with E-state index in [-0.39, 0.29) is 40.9 Å². The molecule has 376 valence electrons. The highest BCUT2D eigenvalue weighted by molar-refractivity contribution is 6.04. The van der Waals surface area contributed by atoms with Gasteiger partial charge in [0.05, 0.1) is 11.8 Å². The Balaban J connectivity index is 0.725. The number of nitrogens with two attached hydrogens (primary N) is 1. The summed E-state index contributed by atoms with van der Waals surface area (Å²) in [5.41, 5.74) is 13.1. The van der Waals surface area contributed by atoms with Gasteiger partial charge >= 0.3 is 6.18 Å². The molecular weight excluding hydrogens is 934 g/mol. The number of halogens is 3. The van der Waals surface area contributed by atoms with E-state index in [0.717, 1.165) is 78.0 Å². The number of nitrogens with one attached hydrogen (secondary N) is 2. The second kappa shape index (κ2) is 23.4. The molecule has 1 saturated heterocycles. The molecule has 5 N–H and O–H groups in total. The Labute approximate surface area is 421 Å². The molecule has 5 heterocycles. The fourth-order valence-electron chi connectivity index (χ4n) is 8.98. The SMILES string of the molecule is CCc1c(-c2ccc(C(=O)NCCCCCCCCC(=O)N3CCN(Cc4ccc(NC(=O)c5ccc(C)c(C#Cc6cnc7cccnn67)c5)cc4C(F)(F)F)CC3)nc2)cnc(N)c1-c1ccc(O)cc1. The van der Waals surface area contributed by atoms with E-state index in [2.05, 4.69) is 42.5 Å². The molecule has 3 amide bonds. The average Bonchev–Trinajstić information content (AvgIpc) is 3.81. The fourth-order valence-corrected chi connectivity index (χ4v) is 8.98. The van der Waals surface area contributed by atoms with Crippen LogP contribution in [-0.4, -0.2) is 89.9 Å². The Kier molecular flexibility index (Phi) is 16.4. The van der Waals surface area contributed by atoms with Gasteiger partial charge in [-0.2, -0.15) is 18.3 Å². The van der Waals surface area contributed by atoms with E-state index in [1.807, 2.05) is 24.8 Å². The maximum absolute atomic E-state index is 14.4. The third-order valence-electron chi connectivity index (χ3n) is 13.0. The topological polar surface area (TPSA) is 184 Å². The van der Waals surface area contributed by atoms with Crippen LogP contribution in [0.15, 0.2) is 110 Å². The zero-order valence-electron chi connectivity index (χ0n) is 40.8. The minimum absolute atomic E-state index is 0.0188. The van der Waals surface area contributed by atoms with Crippen LogP contribution in [-0.2, 0) is 23.9 Å². The van der Waals surface area contributed by atoms with E-state index in [1.54, 1.807) is 94.9 Å². The molecule has 1 aliphatic rings. The molecule has 0 atom stereocenters. The summed E-state index contributed by atoms with van der Waals surface area (Å²) in [7, 11) is 0. The van der Waals surface area contributed by atoms with Crippen LogP contribution in [0.25, 0.3) is 27.9 Å². The molecular formula is C56H57F3N10O4. The van der Waals surface area contributed by atoms with Crippen LogP contribution in [0.4, 0.5) is 24.7 Å². The summed E-state index contributed by atoms with van der Waals surface area (Å²) >= 11 is 0. The van der Waals surface area contributed by atoms with E-state index in [4.69, 9.17) is 5.73 Å². The highest BCUT2D eigenvalue weighted by Crippen LogP contribution is 2.37. The first kappa shape index (κ1) is 51.3. The molecule has 0 spiro atoms. The summed E-state index contributed by atoms with van der Waals surface area (Å²) in [5.74, 6) is 5.89. The first-order valence-electron chi connectivity index (χ1n) is 24.5. The summed E-state index contributed by atoms with van der Waals surface area (Å²) in [6.45, 7) is 6.21. The zero-order valence-corrected chi connectivity index (χ0v) is 40.8. The summed E-state index contributed by atoms with van der Waals surface area (Å²) in [6, 6.07) is 22.8. The number of unbranched alkanes of at least 4 members (excludes halogenated alkanes) is 5. The van der Waals surface area contributed by atoms with Crippen molar-refractivity contribution in [1.82, 2.24) is 39.7 Å². The van der Waals surface area contributed by atoms with Crippen LogP contribution in [0, 0.1) is 18.8 Å². The van der Waals surface area contributed by atoms with Gasteiger partial charge in [0.15, 0.2) is 5.65 Å². The van der Waals surface area contributed by atoms with Gasteiger partial charge < -0.3 is 26.4 Å². The van der Waals surface area contributed by atoms with E-state index in [1.165, 1.54) is 12.1 Å². The smallest absolute Gasteiger partial charge is 0.416 e. The van der Waals surface area contributed by atoms with Crippen molar-refractivity contribution in [2.24, 2.45) is 0 Å². The van der Waals surface area contributed by atoms with Crippen molar-refractivity contribution in [2.45, 2.75) is 77.9 Å². The van der Waals surface area contributed by atoms with Gasteiger partial charge in [0.25, 0.3) is 11.8 Å². The van der Waals surface area contributed by atoms with Crippen LogP contribution >= 0.6 is 0 Å². The number of aryl methyl sites for hydroxylation is 1. The average molecular weight is 991 g/mol. The molecule has 14 nitrogen and oxygen atoms in total. The van der Waals surface area contributed by atoms with E-state index in [9.17, 15) is 32.7 Å². The van der Waals surface area contributed by atoms with Crippen molar-refractivity contribution in [3.63, 3.8) is 0 Å². The fraction of sp³-hybridized carbons (Fsp3) is 0.304. The number of nitrogen functional groups attached to an aromatic ring is 1.